The molecule has 0 aromatic rings. The molecule has 0 spiro atoms. The maximum absolute atomic E-state index is 5.18. The third kappa shape index (κ3) is 1.84. The largest absolute Gasteiger partial charge is 0.324 e. The van der Waals surface area contributed by atoms with Crippen LogP contribution < -0.4 is 11.3 Å². The molecule has 0 bridgehead atoms. The maximum Gasteiger partial charge on any atom is 0.0453 e. The molecule has 0 heterocycles. The minimum absolute atomic E-state index is 0.994. The van der Waals surface area contributed by atoms with E-state index in [4.69, 9.17) is 5.84 Å². The molecule has 0 amide bonds. The van der Waals surface area contributed by atoms with Crippen molar-refractivity contribution in [3.8, 4) is 0 Å². The summed E-state index contributed by atoms with van der Waals surface area (Å²) in [6.07, 6.45) is 6.22. The van der Waals surface area contributed by atoms with Crippen molar-refractivity contribution in [2.75, 3.05) is 0 Å². The zero-order chi connectivity index (χ0) is 6.69. The van der Waals surface area contributed by atoms with Crippen molar-refractivity contribution >= 4 is 15.9 Å². The fourth-order valence-electron chi connectivity index (χ4n) is 0.766. The Labute approximate surface area is 62.9 Å². The van der Waals surface area contributed by atoms with Crippen LogP contribution in [0.5, 0.6) is 0 Å². The van der Waals surface area contributed by atoms with E-state index in [0.29, 0.717) is 0 Å². The molecule has 3 heteroatoms. The van der Waals surface area contributed by atoms with Gasteiger partial charge in [-0.05, 0) is 23.4 Å². The van der Waals surface area contributed by atoms with Crippen LogP contribution in [0.1, 0.15) is 12.8 Å². The van der Waals surface area contributed by atoms with Gasteiger partial charge in [-0.2, -0.15) is 0 Å². The number of hydrazine groups is 1. The third-order valence-electron chi connectivity index (χ3n) is 1.23. The molecule has 1 aliphatic carbocycles. The summed E-state index contributed by atoms with van der Waals surface area (Å²) in [7, 11) is 0. The summed E-state index contributed by atoms with van der Waals surface area (Å²) in [5.41, 5.74) is 3.58. The van der Waals surface area contributed by atoms with E-state index in [2.05, 4.69) is 27.4 Å². The lowest BCUT2D eigenvalue weighted by atomic mass is 10.1. The molecular weight excluding hydrogens is 180 g/mol. The van der Waals surface area contributed by atoms with Gasteiger partial charge in [0.2, 0.25) is 0 Å². The van der Waals surface area contributed by atoms with Gasteiger partial charge in [-0.15, -0.1) is 0 Å². The maximum atomic E-state index is 5.18. The molecule has 1 aliphatic rings. The van der Waals surface area contributed by atoms with Crippen molar-refractivity contribution in [1.82, 2.24) is 5.43 Å². The first-order valence-corrected chi connectivity index (χ1v) is 3.65. The van der Waals surface area contributed by atoms with Crippen LogP contribution in [0.4, 0.5) is 0 Å². The van der Waals surface area contributed by atoms with Gasteiger partial charge >= 0.3 is 0 Å². The van der Waals surface area contributed by atoms with Crippen LogP contribution in [0, 0.1) is 0 Å². The zero-order valence-corrected chi connectivity index (χ0v) is 6.61. The van der Waals surface area contributed by atoms with E-state index >= 15 is 0 Å². The molecule has 0 aromatic carbocycles. The Hall–Kier alpha value is -0.280. The lowest BCUT2D eigenvalue weighted by Gasteiger charge is -2.07. The van der Waals surface area contributed by atoms with Crippen molar-refractivity contribution in [2.24, 2.45) is 5.84 Å². The molecule has 3 N–H and O–H groups in total. The van der Waals surface area contributed by atoms with Gasteiger partial charge in [0.1, 0.15) is 0 Å². The third-order valence-corrected chi connectivity index (χ3v) is 1.85. The smallest absolute Gasteiger partial charge is 0.0453 e. The van der Waals surface area contributed by atoms with Crippen molar-refractivity contribution in [3.05, 3.63) is 22.3 Å². The van der Waals surface area contributed by atoms with Gasteiger partial charge in [0.05, 0.1) is 0 Å². The molecule has 0 saturated heterocycles. The predicted octanol–water partition coefficient (Wildman–Crippen LogP) is 1.41. The van der Waals surface area contributed by atoms with Crippen LogP contribution in [0.2, 0.25) is 0 Å². The highest BCUT2D eigenvalue weighted by Crippen LogP contribution is 2.19. The number of rotatable bonds is 1. The van der Waals surface area contributed by atoms with E-state index in [-0.39, 0.29) is 0 Å². The summed E-state index contributed by atoms with van der Waals surface area (Å²) < 4.78 is 1.21. The second-order valence-corrected chi connectivity index (χ2v) is 2.95. The average Bonchev–Trinajstić information content (AvgIpc) is 1.88. The Bertz CT molecular complexity index is 160. The van der Waals surface area contributed by atoms with E-state index in [1.54, 1.807) is 0 Å². The minimum Gasteiger partial charge on any atom is -0.324 e. The number of hydrogen-bond donors (Lipinski definition) is 2. The molecule has 0 unspecified atom stereocenters. The fraction of sp³-hybridized carbons (Fsp3) is 0.333. The standard InChI is InChI=1S/C6H9BrN2/c7-5-2-1-3-6(4-5)9-8/h3-4,9H,1-2,8H2. The monoisotopic (exact) mass is 188 g/mol. The average molecular weight is 189 g/mol. The molecule has 1 rings (SSSR count). The van der Waals surface area contributed by atoms with E-state index in [0.717, 1.165) is 18.5 Å². The number of halogens is 1. The van der Waals surface area contributed by atoms with Crippen LogP contribution in [0.3, 0.4) is 0 Å². The zero-order valence-electron chi connectivity index (χ0n) is 5.02. The summed E-state index contributed by atoms with van der Waals surface area (Å²) in [5, 5.41) is 0. The van der Waals surface area contributed by atoms with Crippen molar-refractivity contribution in [3.63, 3.8) is 0 Å². The number of hydrogen-bond acceptors (Lipinski definition) is 2. The van der Waals surface area contributed by atoms with Crippen LogP contribution in [0.25, 0.3) is 0 Å². The Balaban J connectivity index is 2.63. The summed E-state index contributed by atoms with van der Waals surface area (Å²) in [6.45, 7) is 0. The van der Waals surface area contributed by atoms with Crippen LogP contribution in [0.15, 0.2) is 22.3 Å². The Morgan fingerprint density at radius 3 is 2.89 bits per heavy atom. The topological polar surface area (TPSA) is 38.0 Å². The van der Waals surface area contributed by atoms with Gasteiger partial charge in [-0.25, -0.2) is 0 Å². The molecule has 0 fully saturated rings. The van der Waals surface area contributed by atoms with E-state index in [1.165, 1.54) is 4.48 Å². The van der Waals surface area contributed by atoms with Gasteiger partial charge in [-0.3, -0.25) is 5.84 Å². The molecule has 50 valence electrons. The normalized spacial score (nSPS) is 18.4. The highest BCUT2D eigenvalue weighted by atomic mass is 79.9. The van der Waals surface area contributed by atoms with Gasteiger partial charge in [0, 0.05) is 5.70 Å². The van der Waals surface area contributed by atoms with Crippen LogP contribution >= 0.6 is 15.9 Å². The molecule has 0 radical (unpaired) electrons. The van der Waals surface area contributed by atoms with Crippen LogP contribution in [-0.2, 0) is 0 Å². The first-order valence-electron chi connectivity index (χ1n) is 2.86. The second kappa shape index (κ2) is 3.03. The molecule has 0 aliphatic heterocycles. The van der Waals surface area contributed by atoms with Crippen molar-refractivity contribution in [2.45, 2.75) is 12.8 Å². The van der Waals surface area contributed by atoms with E-state index < -0.39 is 0 Å². The molecule has 2 nitrogen and oxygen atoms in total. The Morgan fingerprint density at radius 1 is 1.67 bits per heavy atom. The summed E-state index contributed by atoms with van der Waals surface area (Å²) in [6, 6.07) is 0. The lowest BCUT2D eigenvalue weighted by molar-refractivity contribution is 0.872. The Morgan fingerprint density at radius 2 is 2.44 bits per heavy atom. The summed E-state index contributed by atoms with van der Waals surface area (Å²) in [4.78, 5) is 0. The van der Waals surface area contributed by atoms with E-state index in [9.17, 15) is 0 Å². The molecule has 0 aromatic heterocycles. The molecular formula is C6H9BrN2. The summed E-state index contributed by atoms with van der Waals surface area (Å²) in [5.74, 6) is 5.18. The lowest BCUT2D eigenvalue weighted by Crippen LogP contribution is -2.20. The van der Waals surface area contributed by atoms with Crippen molar-refractivity contribution < 1.29 is 0 Å². The van der Waals surface area contributed by atoms with Gasteiger partial charge < -0.3 is 5.43 Å². The van der Waals surface area contributed by atoms with E-state index in [1.807, 2.05) is 6.08 Å². The van der Waals surface area contributed by atoms with Gasteiger partial charge in [-0.1, -0.05) is 22.0 Å². The number of nitrogens with one attached hydrogen (secondary N) is 1. The van der Waals surface area contributed by atoms with Gasteiger partial charge in [0.25, 0.3) is 0 Å². The van der Waals surface area contributed by atoms with Crippen LogP contribution in [-0.4, -0.2) is 0 Å². The first kappa shape index (κ1) is 6.83. The predicted molar refractivity (Wildman–Crippen MR) is 41.7 cm³/mol. The highest BCUT2D eigenvalue weighted by Gasteiger charge is 1.99. The van der Waals surface area contributed by atoms with Gasteiger partial charge in [0.15, 0.2) is 0 Å². The molecule has 9 heavy (non-hydrogen) atoms. The molecule has 0 atom stereocenters. The minimum atomic E-state index is 0.994. The molecule has 0 saturated carbocycles. The number of nitrogens with two attached hydrogens (primary N) is 1. The highest BCUT2D eigenvalue weighted by molar-refractivity contribution is 9.11. The quantitative estimate of drug-likeness (QED) is 0.483. The second-order valence-electron chi connectivity index (χ2n) is 1.93. The SMILES string of the molecule is NNC1=CCCC(Br)=C1. The first-order chi connectivity index (χ1) is 4.33. The fourth-order valence-corrected chi connectivity index (χ4v) is 1.24. The number of allylic oxidation sites excluding steroid dienone is 3. The van der Waals surface area contributed by atoms with Crippen molar-refractivity contribution in [1.29, 1.82) is 0 Å². The Kier molecular flexibility index (Phi) is 2.30. The summed E-state index contributed by atoms with van der Waals surface area (Å²) >= 11 is 3.39.